The van der Waals surface area contributed by atoms with Gasteiger partial charge in [0.2, 0.25) is 0 Å². The fourth-order valence-corrected chi connectivity index (χ4v) is 4.52. The molecule has 0 aliphatic heterocycles. The van der Waals surface area contributed by atoms with E-state index >= 15 is 0 Å². The predicted molar refractivity (Wildman–Crippen MR) is 142 cm³/mol. The van der Waals surface area contributed by atoms with Crippen molar-refractivity contribution in [3.63, 3.8) is 0 Å². The van der Waals surface area contributed by atoms with E-state index in [1.165, 1.54) is 27.8 Å². The molecule has 36 heavy (non-hydrogen) atoms. The summed E-state index contributed by atoms with van der Waals surface area (Å²) >= 11 is 0. The molecule has 0 saturated carbocycles. The maximum absolute atomic E-state index is 4.63. The van der Waals surface area contributed by atoms with Gasteiger partial charge in [0.1, 0.15) is 0 Å². The van der Waals surface area contributed by atoms with Crippen LogP contribution in [-0.2, 0) is 25.5 Å². The Balaban J connectivity index is 0.000000187. The standard InChI is InChI=1S/C20H17N2.C12H10N.Ir/c1-13-7-6-10-18(22-13)19-11-17-15(12-21-19)14-8-4-5-9-16(14)20(17,2)3;1-10-7-8-12(13-9-10)11-5-3-2-4-6-11;/h4-9,11-12H,1-3H3;2-5,7-9H,1H3;/q2*-1;. The zero-order valence-corrected chi connectivity index (χ0v) is 23.2. The van der Waals surface area contributed by atoms with Crippen LogP contribution in [0, 0.1) is 26.0 Å². The maximum Gasteiger partial charge on any atom is 0.0207 e. The van der Waals surface area contributed by atoms with Crippen molar-refractivity contribution < 1.29 is 20.1 Å². The normalized spacial score (nSPS) is 12.4. The second-order valence-corrected chi connectivity index (χ2v) is 9.36. The molecule has 3 nitrogen and oxygen atoms in total. The molecule has 0 saturated heterocycles. The van der Waals surface area contributed by atoms with Gasteiger partial charge in [0, 0.05) is 43.5 Å². The molecule has 0 N–H and O–H groups in total. The van der Waals surface area contributed by atoms with Crippen LogP contribution in [0.1, 0.15) is 36.2 Å². The fourth-order valence-electron chi connectivity index (χ4n) is 4.52. The third-order valence-corrected chi connectivity index (χ3v) is 6.44. The van der Waals surface area contributed by atoms with Crippen LogP contribution in [0.2, 0.25) is 0 Å². The SMILES string of the molecule is Cc1cc[c-]c(-c2cc3c(cn2)-c2ccccc2C3(C)C)n1.Cc1ccc(-c2[c-]cccc2)nc1.[Ir]. The van der Waals surface area contributed by atoms with Crippen molar-refractivity contribution in [1.29, 1.82) is 0 Å². The van der Waals surface area contributed by atoms with E-state index in [0.717, 1.165) is 28.3 Å². The van der Waals surface area contributed by atoms with Crippen LogP contribution in [-0.4, -0.2) is 15.0 Å². The van der Waals surface area contributed by atoms with Gasteiger partial charge in [0.05, 0.1) is 0 Å². The van der Waals surface area contributed by atoms with Gasteiger partial charge in [-0.05, 0) is 58.9 Å². The summed E-state index contributed by atoms with van der Waals surface area (Å²) in [6.07, 6.45) is 3.85. The smallest absolute Gasteiger partial charge is 0.0207 e. The molecular weight excluding hydrogens is 619 g/mol. The van der Waals surface area contributed by atoms with Crippen LogP contribution in [0.25, 0.3) is 33.8 Å². The third kappa shape index (κ3) is 5.06. The zero-order chi connectivity index (χ0) is 24.4. The van der Waals surface area contributed by atoms with Gasteiger partial charge in [0.25, 0.3) is 0 Å². The molecule has 1 radical (unpaired) electrons. The quantitative estimate of drug-likeness (QED) is 0.188. The Hall–Kier alpha value is -3.46. The minimum Gasteiger partial charge on any atom is -0.317 e. The Morgan fingerprint density at radius 2 is 1.47 bits per heavy atom. The summed E-state index contributed by atoms with van der Waals surface area (Å²) in [6, 6.07) is 32.9. The van der Waals surface area contributed by atoms with E-state index in [2.05, 4.69) is 77.3 Å². The van der Waals surface area contributed by atoms with E-state index in [0.29, 0.717) is 0 Å². The predicted octanol–water partition coefficient (Wildman–Crippen LogP) is 7.41. The Morgan fingerprint density at radius 1 is 0.694 bits per heavy atom. The number of fused-ring (bicyclic) bond motifs is 3. The molecule has 0 spiro atoms. The van der Waals surface area contributed by atoms with Gasteiger partial charge in [-0.1, -0.05) is 56.3 Å². The molecule has 0 atom stereocenters. The molecular formula is C32H27IrN3-2. The molecule has 4 heteroatoms. The van der Waals surface area contributed by atoms with Crippen molar-refractivity contribution >= 4 is 0 Å². The Labute approximate surface area is 227 Å². The van der Waals surface area contributed by atoms with Gasteiger partial charge in [0.15, 0.2) is 0 Å². The molecule has 1 aliphatic carbocycles. The first-order chi connectivity index (χ1) is 16.9. The van der Waals surface area contributed by atoms with Crippen molar-refractivity contribution in [2.45, 2.75) is 33.1 Å². The topological polar surface area (TPSA) is 38.7 Å². The number of aryl methyl sites for hydroxylation is 2. The van der Waals surface area contributed by atoms with Gasteiger partial charge < -0.3 is 9.97 Å². The number of aromatic nitrogens is 3. The van der Waals surface area contributed by atoms with Crippen LogP contribution in [0.15, 0.2) is 91.3 Å². The first kappa shape index (κ1) is 25.6. The summed E-state index contributed by atoms with van der Waals surface area (Å²) in [7, 11) is 0. The average Bonchev–Trinajstić information content (AvgIpc) is 3.12. The minimum atomic E-state index is -0.00651. The number of rotatable bonds is 2. The summed E-state index contributed by atoms with van der Waals surface area (Å²) in [5, 5.41) is 0. The van der Waals surface area contributed by atoms with E-state index in [-0.39, 0.29) is 25.5 Å². The number of benzene rings is 2. The molecule has 2 aromatic carbocycles. The number of nitrogens with zero attached hydrogens (tertiary/aromatic N) is 3. The second-order valence-electron chi connectivity index (χ2n) is 9.36. The van der Waals surface area contributed by atoms with Crippen molar-refractivity contribution in [2.24, 2.45) is 0 Å². The monoisotopic (exact) mass is 646 g/mol. The van der Waals surface area contributed by atoms with Gasteiger partial charge in [-0.25, -0.2) is 0 Å². The molecule has 3 aromatic heterocycles. The maximum atomic E-state index is 4.63. The fraction of sp³-hybridized carbons (Fsp3) is 0.156. The molecule has 0 bridgehead atoms. The molecule has 3 heterocycles. The zero-order valence-electron chi connectivity index (χ0n) is 20.8. The van der Waals surface area contributed by atoms with E-state index in [9.17, 15) is 0 Å². The molecule has 0 unspecified atom stereocenters. The first-order valence-electron chi connectivity index (χ1n) is 11.8. The summed E-state index contributed by atoms with van der Waals surface area (Å²) in [5.74, 6) is 0. The number of hydrogen-bond donors (Lipinski definition) is 0. The molecule has 0 amide bonds. The first-order valence-corrected chi connectivity index (χ1v) is 11.8. The van der Waals surface area contributed by atoms with Crippen molar-refractivity contribution in [1.82, 2.24) is 15.0 Å². The molecule has 1 aliphatic rings. The summed E-state index contributed by atoms with van der Waals surface area (Å²) in [6.45, 7) is 8.57. The second kappa shape index (κ2) is 10.7. The van der Waals surface area contributed by atoms with Crippen LogP contribution >= 0.6 is 0 Å². The van der Waals surface area contributed by atoms with Gasteiger partial charge in [-0.3, -0.25) is 4.98 Å². The average molecular weight is 646 g/mol. The Bertz CT molecular complexity index is 1480. The minimum absolute atomic E-state index is 0. The summed E-state index contributed by atoms with van der Waals surface area (Å²) < 4.78 is 0. The Kier molecular flexibility index (Phi) is 7.59. The third-order valence-electron chi connectivity index (χ3n) is 6.44. The van der Waals surface area contributed by atoms with Crippen LogP contribution in [0.5, 0.6) is 0 Å². The van der Waals surface area contributed by atoms with Crippen LogP contribution in [0.3, 0.4) is 0 Å². The van der Waals surface area contributed by atoms with Gasteiger partial charge in [-0.2, -0.15) is 12.1 Å². The number of pyridine rings is 3. The van der Waals surface area contributed by atoms with E-state index in [4.69, 9.17) is 0 Å². The van der Waals surface area contributed by atoms with Gasteiger partial charge >= 0.3 is 0 Å². The largest absolute Gasteiger partial charge is 0.317 e. The van der Waals surface area contributed by atoms with E-state index in [1.807, 2.05) is 68.7 Å². The van der Waals surface area contributed by atoms with E-state index in [1.54, 1.807) is 0 Å². The van der Waals surface area contributed by atoms with Crippen molar-refractivity contribution in [3.05, 3.63) is 126 Å². The molecule has 6 rings (SSSR count). The van der Waals surface area contributed by atoms with Crippen molar-refractivity contribution in [3.8, 4) is 33.8 Å². The summed E-state index contributed by atoms with van der Waals surface area (Å²) in [4.78, 5) is 13.5. The van der Waals surface area contributed by atoms with Crippen LogP contribution < -0.4 is 0 Å². The molecule has 0 fully saturated rings. The van der Waals surface area contributed by atoms with Crippen molar-refractivity contribution in [2.75, 3.05) is 0 Å². The van der Waals surface area contributed by atoms with Crippen LogP contribution in [0.4, 0.5) is 0 Å². The molecule has 5 aromatic rings. The summed E-state index contributed by atoms with van der Waals surface area (Å²) in [5.41, 5.74) is 11.1. The van der Waals surface area contributed by atoms with Gasteiger partial charge in [-0.15, -0.1) is 42.0 Å². The molecule has 181 valence electrons. The Morgan fingerprint density at radius 3 is 2.19 bits per heavy atom. The number of hydrogen-bond acceptors (Lipinski definition) is 3. The van der Waals surface area contributed by atoms with E-state index < -0.39 is 0 Å².